The molecule has 0 spiro atoms. The van der Waals surface area contributed by atoms with Gasteiger partial charge in [-0.25, -0.2) is 0 Å². The molecule has 0 bridgehead atoms. The third-order valence-corrected chi connectivity index (χ3v) is 12.3. The first-order valence-electron chi connectivity index (χ1n) is 8.59. The van der Waals surface area contributed by atoms with Gasteiger partial charge in [-0.05, 0) is 11.1 Å². The van der Waals surface area contributed by atoms with Gasteiger partial charge in [-0.3, -0.25) is 0 Å². The third kappa shape index (κ3) is 4.93. The summed E-state index contributed by atoms with van der Waals surface area (Å²) in [5.74, 6) is 0. The predicted octanol–water partition coefficient (Wildman–Crippen LogP) is 7.14. The lowest BCUT2D eigenvalue weighted by Gasteiger charge is -2.36. The molecule has 0 saturated heterocycles. The Bertz CT molecular complexity index is 215. The highest BCUT2D eigenvalue weighted by Gasteiger charge is 2.44. The van der Waals surface area contributed by atoms with E-state index in [0.717, 1.165) is 0 Å². The van der Waals surface area contributed by atoms with Crippen LogP contribution >= 0.6 is 22.2 Å². The highest BCUT2D eigenvalue weighted by Crippen LogP contribution is 2.50. The van der Waals surface area contributed by atoms with Crippen molar-refractivity contribution in [3.63, 3.8) is 0 Å². The molecule has 112 valence electrons. The molecule has 0 aromatic rings. The Morgan fingerprint density at radius 3 is 1.05 bits per heavy atom. The van der Waals surface area contributed by atoms with Crippen molar-refractivity contribution in [2.75, 3.05) is 0 Å². The van der Waals surface area contributed by atoms with Gasteiger partial charge in [-0.1, -0.05) is 89.9 Å². The molecule has 0 aliphatic heterocycles. The summed E-state index contributed by atoms with van der Waals surface area (Å²) in [7, 11) is 0. The molecule has 0 unspecified atom stereocenters. The average Bonchev–Trinajstić information content (AvgIpc) is 2.26. The minimum Gasteiger partial charge on any atom is -0.145 e. The Morgan fingerprint density at radius 1 is 0.474 bits per heavy atom. The first-order chi connectivity index (χ1) is 9.21. The number of hydrogen-bond donors (Lipinski definition) is 0. The molecule has 0 heterocycles. The maximum absolute atomic E-state index is 7.05. The van der Waals surface area contributed by atoms with Crippen LogP contribution in [0.4, 0.5) is 0 Å². The van der Waals surface area contributed by atoms with Crippen LogP contribution in [0.25, 0.3) is 0 Å². The molecule has 0 nitrogen and oxygen atoms in total. The van der Waals surface area contributed by atoms with Gasteiger partial charge in [0, 0.05) is 0 Å². The van der Waals surface area contributed by atoms with Gasteiger partial charge in [0.2, 0.25) is 0 Å². The van der Waals surface area contributed by atoms with E-state index < -0.39 is 6.69 Å². The fourth-order valence-corrected chi connectivity index (χ4v) is 9.66. The van der Waals surface area contributed by atoms with Crippen molar-refractivity contribution < 1.29 is 0 Å². The Hall–Kier alpha value is 0.797. The summed E-state index contributed by atoms with van der Waals surface area (Å²) in [5, 5.41) is 0. The second kappa shape index (κ2) is 8.29. The molecule has 19 heavy (non-hydrogen) atoms. The van der Waals surface area contributed by atoms with Crippen LogP contribution in [-0.2, 0) is 0 Å². The van der Waals surface area contributed by atoms with E-state index in [-0.39, 0.29) is 0 Å². The van der Waals surface area contributed by atoms with Gasteiger partial charge in [0.15, 0.2) is 0 Å². The van der Waals surface area contributed by atoms with E-state index in [0.29, 0.717) is 11.1 Å². The van der Waals surface area contributed by atoms with Crippen molar-refractivity contribution in [2.45, 2.75) is 101 Å². The lowest BCUT2D eigenvalue weighted by Crippen LogP contribution is -2.34. The second-order valence-electron chi connectivity index (χ2n) is 6.76. The molecule has 0 radical (unpaired) electrons. The van der Waals surface area contributed by atoms with Gasteiger partial charge in [0.05, 0.1) is 0 Å². The van der Waals surface area contributed by atoms with Crippen LogP contribution in [0.1, 0.15) is 89.9 Å². The van der Waals surface area contributed by atoms with E-state index in [4.69, 9.17) is 22.2 Å². The molecular formula is C16H30Cl2Si. The van der Waals surface area contributed by atoms with Crippen LogP contribution in [-0.4, -0.2) is 6.69 Å². The Labute approximate surface area is 130 Å². The van der Waals surface area contributed by atoms with Crippen LogP contribution in [0, 0.1) is 0 Å². The first kappa shape index (κ1) is 16.2. The molecule has 2 fully saturated rings. The summed E-state index contributed by atoms with van der Waals surface area (Å²) in [5.41, 5.74) is 1.36. The molecule has 0 atom stereocenters. The molecule has 2 aliphatic carbocycles. The summed E-state index contributed by atoms with van der Waals surface area (Å²) in [6.07, 6.45) is 19.2. The summed E-state index contributed by atoms with van der Waals surface area (Å²) >= 11 is 14.1. The topological polar surface area (TPSA) is 0 Å². The predicted molar refractivity (Wildman–Crippen MR) is 89.6 cm³/mol. The fraction of sp³-hybridized carbons (Fsp3) is 1.00. The van der Waals surface area contributed by atoms with Gasteiger partial charge >= 0.3 is 0 Å². The van der Waals surface area contributed by atoms with Crippen molar-refractivity contribution >= 4 is 28.9 Å². The van der Waals surface area contributed by atoms with Gasteiger partial charge in [0.1, 0.15) is 0 Å². The van der Waals surface area contributed by atoms with E-state index in [1.807, 2.05) is 0 Å². The molecule has 2 rings (SSSR count). The number of hydrogen-bond acceptors (Lipinski definition) is 0. The molecule has 0 aromatic carbocycles. The molecular weight excluding hydrogens is 291 g/mol. The Morgan fingerprint density at radius 2 is 0.737 bits per heavy atom. The molecule has 0 amide bonds. The maximum Gasteiger partial charge on any atom is 0.257 e. The van der Waals surface area contributed by atoms with Crippen LogP contribution in [0.15, 0.2) is 0 Å². The maximum atomic E-state index is 7.05. The highest BCUT2D eigenvalue weighted by atomic mass is 35.7. The SMILES string of the molecule is Cl[Si](Cl)(C1CCCCCCC1)C1CCCCCCC1. The second-order valence-corrected chi connectivity index (χ2v) is 14.1. The summed E-state index contributed by atoms with van der Waals surface area (Å²) in [6, 6.07) is 0. The van der Waals surface area contributed by atoms with Gasteiger partial charge in [-0.15, -0.1) is 22.2 Å². The molecule has 0 aromatic heterocycles. The zero-order valence-electron chi connectivity index (χ0n) is 12.3. The molecule has 0 N–H and O–H groups in total. The zero-order valence-corrected chi connectivity index (χ0v) is 14.8. The lowest BCUT2D eigenvalue weighted by molar-refractivity contribution is 0.473. The summed E-state index contributed by atoms with van der Waals surface area (Å²) in [4.78, 5) is 0. The zero-order chi connectivity index (χ0) is 13.6. The van der Waals surface area contributed by atoms with Crippen molar-refractivity contribution in [1.82, 2.24) is 0 Å². The molecule has 3 heteroatoms. The summed E-state index contributed by atoms with van der Waals surface area (Å²) in [6.45, 7) is -2.07. The third-order valence-electron chi connectivity index (χ3n) is 5.30. The molecule has 2 aliphatic rings. The minimum absolute atomic E-state index is 0.681. The van der Waals surface area contributed by atoms with E-state index >= 15 is 0 Å². The number of halogens is 2. The van der Waals surface area contributed by atoms with Gasteiger partial charge < -0.3 is 0 Å². The quantitative estimate of drug-likeness (QED) is 0.374. The van der Waals surface area contributed by atoms with Crippen molar-refractivity contribution in [2.24, 2.45) is 0 Å². The van der Waals surface area contributed by atoms with E-state index in [9.17, 15) is 0 Å². The average molecular weight is 321 g/mol. The normalized spacial score (nSPS) is 26.2. The largest absolute Gasteiger partial charge is 0.257 e. The van der Waals surface area contributed by atoms with Gasteiger partial charge in [0.25, 0.3) is 6.69 Å². The lowest BCUT2D eigenvalue weighted by atomic mass is 10.00. The first-order valence-corrected chi connectivity index (χ1v) is 12.8. The smallest absolute Gasteiger partial charge is 0.145 e. The van der Waals surface area contributed by atoms with E-state index in [2.05, 4.69) is 0 Å². The summed E-state index contributed by atoms with van der Waals surface area (Å²) < 4.78 is 0. The highest BCUT2D eigenvalue weighted by molar-refractivity contribution is 7.46. The number of rotatable bonds is 2. The Kier molecular flexibility index (Phi) is 7.06. The Balaban J connectivity index is 1.96. The minimum atomic E-state index is -2.07. The van der Waals surface area contributed by atoms with Gasteiger partial charge in [-0.2, -0.15) is 0 Å². The fourth-order valence-electron chi connectivity index (χ4n) is 4.02. The van der Waals surface area contributed by atoms with Crippen molar-refractivity contribution in [1.29, 1.82) is 0 Å². The monoisotopic (exact) mass is 320 g/mol. The molecule has 2 saturated carbocycles. The van der Waals surface area contributed by atoms with Crippen LogP contribution < -0.4 is 0 Å². The van der Waals surface area contributed by atoms with Crippen LogP contribution in [0.5, 0.6) is 0 Å². The van der Waals surface area contributed by atoms with Crippen LogP contribution in [0.2, 0.25) is 11.1 Å². The van der Waals surface area contributed by atoms with E-state index in [1.165, 1.54) is 89.9 Å². The van der Waals surface area contributed by atoms with Crippen LogP contribution in [0.3, 0.4) is 0 Å². The van der Waals surface area contributed by atoms with Crippen molar-refractivity contribution in [3.05, 3.63) is 0 Å². The van der Waals surface area contributed by atoms with E-state index in [1.54, 1.807) is 0 Å². The standard InChI is InChI=1S/C16H30Cl2Si/c17-19(18,15-11-7-3-1-4-8-12-15)16-13-9-5-2-6-10-14-16/h15-16H,1-14H2. The van der Waals surface area contributed by atoms with Crippen molar-refractivity contribution in [3.8, 4) is 0 Å².